The lowest BCUT2D eigenvalue weighted by atomic mass is 10.2. The number of rotatable bonds is 7. The van der Waals surface area contributed by atoms with E-state index in [0.29, 0.717) is 11.5 Å². The number of halogens is 1. The van der Waals surface area contributed by atoms with Crippen molar-refractivity contribution in [2.75, 3.05) is 18.6 Å². The Kier molecular flexibility index (Phi) is 7.37. The van der Waals surface area contributed by atoms with Gasteiger partial charge in [-0.3, -0.25) is 0 Å². The minimum absolute atomic E-state index is 0.354. The van der Waals surface area contributed by atoms with Crippen molar-refractivity contribution < 1.29 is 8.96 Å². The second-order valence-corrected chi connectivity index (χ2v) is 8.64. The van der Waals surface area contributed by atoms with E-state index in [1.54, 1.807) is 38.3 Å². The van der Waals surface area contributed by atoms with Crippen molar-refractivity contribution in [3.63, 3.8) is 0 Å². The van der Waals surface area contributed by atoms with E-state index in [4.69, 9.17) is 0 Å². The van der Waals surface area contributed by atoms with Gasteiger partial charge in [0.05, 0.1) is 0 Å². The van der Waals surface area contributed by atoms with Crippen molar-refractivity contribution in [2.24, 2.45) is 0 Å². The largest absolute Gasteiger partial charge is 0.340 e. The van der Waals surface area contributed by atoms with Crippen LogP contribution in [0.5, 0.6) is 0 Å². The van der Waals surface area contributed by atoms with E-state index in [9.17, 15) is 8.96 Å². The summed E-state index contributed by atoms with van der Waals surface area (Å²) < 4.78 is 25.5. The second kappa shape index (κ2) is 8.78. The summed E-state index contributed by atoms with van der Waals surface area (Å²) in [5.41, 5.74) is 1.51. The van der Waals surface area contributed by atoms with E-state index in [-0.39, 0.29) is 5.83 Å². The third-order valence-corrected chi connectivity index (χ3v) is 3.92. The van der Waals surface area contributed by atoms with Crippen LogP contribution in [0.1, 0.15) is 32.2 Å². The Morgan fingerprint density at radius 1 is 1.30 bits per heavy atom. The lowest BCUT2D eigenvalue weighted by Gasteiger charge is -2.13. The molecule has 0 unspecified atom stereocenters. The van der Waals surface area contributed by atoms with E-state index in [0.717, 1.165) is 24.2 Å². The van der Waals surface area contributed by atoms with E-state index in [1.165, 1.54) is 12.2 Å². The van der Waals surface area contributed by atoms with Gasteiger partial charge in [-0.1, -0.05) is 19.9 Å². The van der Waals surface area contributed by atoms with Crippen LogP contribution >= 0.6 is 7.14 Å². The van der Waals surface area contributed by atoms with Crippen LogP contribution in [0.25, 0.3) is 0 Å². The predicted molar refractivity (Wildman–Crippen MR) is 96.0 cm³/mol. The third-order valence-electron chi connectivity index (χ3n) is 3.02. The molecule has 6 heteroatoms. The van der Waals surface area contributed by atoms with Crippen molar-refractivity contribution in [1.29, 1.82) is 0 Å². The highest BCUT2D eigenvalue weighted by Crippen LogP contribution is 2.39. The number of allylic oxidation sites excluding steroid dienone is 4. The number of hydrogen-bond donors (Lipinski definition) is 1. The molecule has 0 aliphatic heterocycles. The summed E-state index contributed by atoms with van der Waals surface area (Å²) in [6.07, 6.45) is 7.55. The van der Waals surface area contributed by atoms with Gasteiger partial charge in [0.2, 0.25) is 0 Å². The van der Waals surface area contributed by atoms with E-state index in [1.807, 2.05) is 13.8 Å². The first-order valence-electron chi connectivity index (χ1n) is 7.68. The number of nitrogens with one attached hydrogen (secondary N) is 1. The van der Waals surface area contributed by atoms with E-state index < -0.39 is 7.14 Å². The maximum Gasteiger partial charge on any atom is 0.137 e. The van der Waals surface area contributed by atoms with Gasteiger partial charge in [-0.25, -0.2) is 14.4 Å². The Bertz CT molecular complexity index is 674. The lowest BCUT2D eigenvalue weighted by molar-refractivity contribution is 0.588. The normalized spacial score (nSPS) is 13.7. The van der Waals surface area contributed by atoms with Crippen molar-refractivity contribution in [1.82, 2.24) is 9.97 Å². The molecule has 1 aromatic heterocycles. The third kappa shape index (κ3) is 6.91. The van der Waals surface area contributed by atoms with Crippen molar-refractivity contribution in [2.45, 2.75) is 33.6 Å². The fraction of sp³-hybridized carbons (Fsp3) is 0.412. The summed E-state index contributed by atoms with van der Waals surface area (Å²) in [5, 5.41) is 3.17. The van der Waals surface area contributed by atoms with Gasteiger partial charge in [0.15, 0.2) is 0 Å². The molecule has 0 amide bonds. The SMILES string of the molecule is C\C=C(F)/C=C\C(=C\P(C)(C)=O)Nc1nc(CC)ncc1CC. The van der Waals surface area contributed by atoms with Crippen molar-refractivity contribution in [3.05, 3.63) is 53.2 Å². The fourth-order valence-corrected chi connectivity index (χ4v) is 2.66. The molecule has 0 saturated heterocycles. The Morgan fingerprint density at radius 3 is 2.52 bits per heavy atom. The molecule has 1 N–H and O–H groups in total. The first-order valence-corrected chi connectivity index (χ1v) is 10.3. The molecule has 0 aromatic carbocycles. The minimum atomic E-state index is -2.43. The molecule has 1 heterocycles. The average molecular weight is 337 g/mol. The number of anilines is 1. The highest BCUT2D eigenvalue weighted by atomic mass is 31.2. The quantitative estimate of drug-likeness (QED) is 0.567. The summed E-state index contributed by atoms with van der Waals surface area (Å²) in [4.78, 5) is 8.77. The van der Waals surface area contributed by atoms with Crippen LogP contribution in [0.2, 0.25) is 0 Å². The fourth-order valence-electron chi connectivity index (χ4n) is 1.83. The molecule has 4 nitrogen and oxygen atoms in total. The Balaban J connectivity index is 3.23. The second-order valence-electron chi connectivity index (χ2n) is 5.52. The summed E-state index contributed by atoms with van der Waals surface area (Å²) in [5.74, 6) is 2.67. The smallest absolute Gasteiger partial charge is 0.137 e. The Hall–Kier alpha value is -1.74. The molecule has 1 rings (SSSR count). The van der Waals surface area contributed by atoms with Crippen LogP contribution in [0.3, 0.4) is 0 Å². The Labute approximate surface area is 138 Å². The topological polar surface area (TPSA) is 54.9 Å². The van der Waals surface area contributed by atoms with E-state index >= 15 is 0 Å². The summed E-state index contributed by atoms with van der Waals surface area (Å²) >= 11 is 0. The summed E-state index contributed by atoms with van der Waals surface area (Å²) in [6.45, 7) is 8.93. The summed E-state index contributed by atoms with van der Waals surface area (Å²) in [7, 11) is -2.43. The van der Waals surface area contributed by atoms with Crippen LogP contribution < -0.4 is 5.32 Å². The molecule has 126 valence electrons. The summed E-state index contributed by atoms with van der Waals surface area (Å²) in [6, 6.07) is 0. The van der Waals surface area contributed by atoms with Gasteiger partial charge in [0.1, 0.15) is 24.6 Å². The maximum atomic E-state index is 13.4. The molecule has 0 fully saturated rings. The molecule has 0 bridgehead atoms. The molecular formula is C17H25FN3OP. The molecule has 0 aliphatic carbocycles. The van der Waals surface area contributed by atoms with Crippen LogP contribution in [0, 0.1) is 0 Å². The molecule has 23 heavy (non-hydrogen) atoms. The van der Waals surface area contributed by atoms with Crippen LogP contribution in [-0.4, -0.2) is 23.3 Å². The molecule has 1 aromatic rings. The molecule has 0 spiro atoms. The van der Waals surface area contributed by atoms with E-state index in [2.05, 4.69) is 15.3 Å². The molecular weight excluding hydrogens is 312 g/mol. The lowest BCUT2D eigenvalue weighted by Crippen LogP contribution is -2.06. The number of hydrogen-bond acceptors (Lipinski definition) is 4. The molecule has 0 aliphatic rings. The zero-order valence-electron chi connectivity index (χ0n) is 14.4. The van der Waals surface area contributed by atoms with Crippen LogP contribution in [0.15, 0.2) is 41.8 Å². The van der Waals surface area contributed by atoms with Crippen LogP contribution in [0.4, 0.5) is 10.2 Å². The van der Waals surface area contributed by atoms with Crippen molar-refractivity contribution >= 4 is 13.0 Å². The number of nitrogens with zero attached hydrogens (tertiary/aromatic N) is 2. The van der Waals surface area contributed by atoms with Gasteiger partial charge in [0, 0.05) is 23.9 Å². The molecule has 0 atom stereocenters. The monoisotopic (exact) mass is 337 g/mol. The zero-order chi connectivity index (χ0) is 17.5. The molecule has 0 saturated carbocycles. The number of aryl methyl sites for hydroxylation is 2. The number of aromatic nitrogens is 2. The average Bonchev–Trinajstić information content (AvgIpc) is 2.50. The standard InChI is InChI=1S/C17H25FN3OP/c1-6-13-11-19-16(8-3)21-17(13)20-15(12-23(4,5)22)10-9-14(18)7-2/h7,9-12H,6,8H2,1-5H3,(H,19,20,21)/b10-9-,14-7+,15-12-. The van der Waals surface area contributed by atoms with Gasteiger partial charge in [0.25, 0.3) is 0 Å². The highest BCUT2D eigenvalue weighted by Gasteiger charge is 2.09. The van der Waals surface area contributed by atoms with Crippen LogP contribution in [-0.2, 0) is 17.4 Å². The first kappa shape index (κ1) is 19.3. The zero-order valence-corrected chi connectivity index (χ0v) is 15.3. The predicted octanol–water partition coefficient (Wildman–Crippen LogP) is 4.91. The van der Waals surface area contributed by atoms with Gasteiger partial charge in [-0.15, -0.1) is 0 Å². The van der Waals surface area contributed by atoms with Gasteiger partial charge >= 0.3 is 0 Å². The van der Waals surface area contributed by atoms with Crippen molar-refractivity contribution in [3.8, 4) is 0 Å². The maximum absolute atomic E-state index is 13.4. The van der Waals surface area contributed by atoms with Gasteiger partial charge < -0.3 is 9.88 Å². The highest BCUT2D eigenvalue weighted by molar-refractivity contribution is 7.65. The van der Waals surface area contributed by atoms with Gasteiger partial charge in [-0.2, -0.15) is 0 Å². The van der Waals surface area contributed by atoms with Gasteiger partial charge in [-0.05, 0) is 44.6 Å². The minimum Gasteiger partial charge on any atom is -0.340 e. The Morgan fingerprint density at radius 2 is 2.00 bits per heavy atom. The molecule has 0 radical (unpaired) electrons. The first-order chi connectivity index (χ1) is 10.8.